The SMILES string of the molecule is Cc1ccc(Cl)c(O[C@@H](C)C(=O)NC[C@H]2CCCO2)c1. The topological polar surface area (TPSA) is 47.6 Å². The monoisotopic (exact) mass is 297 g/mol. The maximum absolute atomic E-state index is 12.0. The van der Waals surface area contributed by atoms with Crippen LogP contribution >= 0.6 is 11.6 Å². The number of nitrogens with one attached hydrogen (secondary N) is 1. The van der Waals surface area contributed by atoms with E-state index in [2.05, 4.69) is 5.32 Å². The van der Waals surface area contributed by atoms with Gasteiger partial charge in [-0.15, -0.1) is 0 Å². The summed E-state index contributed by atoms with van der Waals surface area (Å²) in [5, 5.41) is 3.36. The molecule has 0 unspecified atom stereocenters. The minimum Gasteiger partial charge on any atom is -0.479 e. The van der Waals surface area contributed by atoms with Crippen LogP contribution in [0.25, 0.3) is 0 Å². The van der Waals surface area contributed by atoms with Crippen molar-refractivity contribution >= 4 is 17.5 Å². The minimum absolute atomic E-state index is 0.133. The molecule has 0 aliphatic carbocycles. The zero-order valence-electron chi connectivity index (χ0n) is 11.8. The van der Waals surface area contributed by atoms with Gasteiger partial charge in [0, 0.05) is 13.2 Å². The molecule has 1 amide bonds. The van der Waals surface area contributed by atoms with Crippen molar-refractivity contribution < 1.29 is 14.3 Å². The molecule has 1 saturated heterocycles. The third-order valence-electron chi connectivity index (χ3n) is 3.29. The average Bonchev–Trinajstić information content (AvgIpc) is 2.93. The van der Waals surface area contributed by atoms with E-state index in [4.69, 9.17) is 21.1 Å². The lowest BCUT2D eigenvalue weighted by Crippen LogP contribution is -2.40. The lowest BCUT2D eigenvalue weighted by molar-refractivity contribution is -0.127. The van der Waals surface area contributed by atoms with Gasteiger partial charge >= 0.3 is 0 Å². The second-order valence-corrected chi connectivity index (χ2v) is 5.48. The summed E-state index contributed by atoms with van der Waals surface area (Å²) in [6.07, 6.45) is 1.61. The molecule has 20 heavy (non-hydrogen) atoms. The lowest BCUT2D eigenvalue weighted by Gasteiger charge is -2.17. The lowest BCUT2D eigenvalue weighted by atomic mass is 10.2. The van der Waals surface area contributed by atoms with Crippen LogP contribution < -0.4 is 10.1 Å². The van der Waals surface area contributed by atoms with Crippen LogP contribution in [0.2, 0.25) is 5.02 Å². The third-order valence-corrected chi connectivity index (χ3v) is 3.60. The predicted octanol–water partition coefficient (Wildman–Crippen LogP) is 2.71. The van der Waals surface area contributed by atoms with E-state index >= 15 is 0 Å². The summed E-state index contributed by atoms with van der Waals surface area (Å²) in [5.41, 5.74) is 1.04. The fourth-order valence-electron chi connectivity index (χ4n) is 2.11. The molecule has 2 atom stereocenters. The van der Waals surface area contributed by atoms with Crippen LogP contribution in [0, 0.1) is 6.92 Å². The number of ether oxygens (including phenoxy) is 2. The Labute approximate surface area is 124 Å². The van der Waals surface area contributed by atoms with Crippen LogP contribution in [0.1, 0.15) is 25.3 Å². The van der Waals surface area contributed by atoms with Gasteiger partial charge in [-0.2, -0.15) is 0 Å². The van der Waals surface area contributed by atoms with Crippen molar-refractivity contribution in [2.24, 2.45) is 0 Å². The fraction of sp³-hybridized carbons (Fsp3) is 0.533. The Morgan fingerprint density at radius 2 is 2.40 bits per heavy atom. The molecular formula is C15H20ClNO3. The standard InChI is InChI=1S/C15H20ClNO3/c1-10-5-6-13(16)14(8-10)20-11(2)15(18)17-9-12-4-3-7-19-12/h5-6,8,11-12H,3-4,7,9H2,1-2H3,(H,17,18)/t11-,12+/m0/s1. The quantitative estimate of drug-likeness (QED) is 0.909. The van der Waals surface area contributed by atoms with Crippen LogP contribution in [-0.4, -0.2) is 31.3 Å². The van der Waals surface area contributed by atoms with E-state index in [0.29, 0.717) is 17.3 Å². The predicted molar refractivity (Wildman–Crippen MR) is 78.3 cm³/mol. The smallest absolute Gasteiger partial charge is 0.260 e. The number of hydrogen-bond donors (Lipinski definition) is 1. The molecule has 1 aliphatic rings. The largest absolute Gasteiger partial charge is 0.479 e. The van der Waals surface area contributed by atoms with E-state index in [0.717, 1.165) is 25.0 Å². The van der Waals surface area contributed by atoms with Crippen molar-refractivity contribution in [1.82, 2.24) is 5.32 Å². The zero-order valence-corrected chi connectivity index (χ0v) is 12.6. The highest BCUT2D eigenvalue weighted by Gasteiger charge is 2.20. The molecule has 1 N–H and O–H groups in total. The Morgan fingerprint density at radius 3 is 3.10 bits per heavy atom. The van der Waals surface area contributed by atoms with Crippen molar-refractivity contribution in [1.29, 1.82) is 0 Å². The van der Waals surface area contributed by atoms with Gasteiger partial charge in [-0.1, -0.05) is 17.7 Å². The third kappa shape index (κ3) is 4.12. The molecule has 1 aromatic rings. The molecule has 0 spiro atoms. The first-order valence-electron chi connectivity index (χ1n) is 6.88. The highest BCUT2D eigenvalue weighted by molar-refractivity contribution is 6.32. The second-order valence-electron chi connectivity index (χ2n) is 5.07. The molecule has 1 aliphatic heterocycles. The summed E-state index contributed by atoms with van der Waals surface area (Å²) >= 11 is 6.05. The molecule has 4 nitrogen and oxygen atoms in total. The van der Waals surface area contributed by atoms with Crippen molar-refractivity contribution in [3.63, 3.8) is 0 Å². The van der Waals surface area contributed by atoms with Crippen molar-refractivity contribution in [3.05, 3.63) is 28.8 Å². The Morgan fingerprint density at radius 1 is 1.60 bits per heavy atom. The summed E-state index contributed by atoms with van der Waals surface area (Å²) in [6, 6.07) is 5.49. The van der Waals surface area contributed by atoms with E-state index in [1.54, 1.807) is 13.0 Å². The van der Waals surface area contributed by atoms with Gasteiger partial charge in [-0.05, 0) is 44.4 Å². The number of carbonyl (C=O) groups is 1. The van der Waals surface area contributed by atoms with Gasteiger partial charge in [0.15, 0.2) is 6.10 Å². The Bertz CT molecular complexity index is 472. The maximum Gasteiger partial charge on any atom is 0.260 e. The van der Waals surface area contributed by atoms with Crippen LogP contribution in [-0.2, 0) is 9.53 Å². The van der Waals surface area contributed by atoms with Crippen molar-refractivity contribution in [2.45, 2.75) is 38.9 Å². The van der Waals surface area contributed by atoms with E-state index in [1.807, 2.05) is 19.1 Å². The number of hydrogen-bond acceptors (Lipinski definition) is 3. The average molecular weight is 298 g/mol. The molecule has 0 saturated carbocycles. The first-order valence-corrected chi connectivity index (χ1v) is 7.26. The van der Waals surface area contributed by atoms with Gasteiger partial charge in [-0.3, -0.25) is 4.79 Å². The van der Waals surface area contributed by atoms with Crippen molar-refractivity contribution in [2.75, 3.05) is 13.2 Å². The number of carbonyl (C=O) groups excluding carboxylic acids is 1. The maximum atomic E-state index is 12.0. The van der Waals surface area contributed by atoms with Crippen molar-refractivity contribution in [3.8, 4) is 5.75 Å². The van der Waals surface area contributed by atoms with Gasteiger partial charge < -0.3 is 14.8 Å². The highest BCUT2D eigenvalue weighted by atomic mass is 35.5. The summed E-state index contributed by atoms with van der Waals surface area (Å²) in [7, 11) is 0. The highest BCUT2D eigenvalue weighted by Crippen LogP contribution is 2.26. The number of halogens is 1. The van der Waals surface area contributed by atoms with E-state index < -0.39 is 6.10 Å². The molecule has 110 valence electrons. The Balaban J connectivity index is 1.85. The molecule has 1 aromatic carbocycles. The Hall–Kier alpha value is -1.26. The zero-order chi connectivity index (χ0) is 14.5. The summed E-state index contributed by atoms with van der Waals surface area (Å²) in [4.78, 5) is 12.0. The first-order chi connectivity index (χ1) is 9.56. The summed E-state index contributed by atoms with van der Waals surface area (Å²) in [5.74, 6) is 0.379. The molecule has 0 bridgehead atoms. The normalized spacial score (nSPS) is 19.6. The van der Waals surface area contributed by atoms with E-state index in [-0.39, 0.29) is 12.0 Å². The first kappa shape index (κ1) is 15.1. The van der Waals surface area contributed by atoms with Gasteiger partial charge in [0.2, 0.25) is 0 Å². The van der Waals surface area contributed by atoms with Gasteiger partial charge in [0.25, 0.3) is 5.91 Å². The molecule has 1 fully saturated rings. The molecular weight excluding hydrogens is 278 g/mol. The second kappa shape index (κ2) is 6.95. The number of rotatable bonds is 5. The van der Waals surface area contributed by atoms with Crippen LogP contribution in [0.15, 0.2) is 18.2 Å². The number of amides is 1. The fourth-order valence-corrected chi connectivity index (χ4v) is 2.27. The minimum atomic E-state index is -0.587. The van der Waals surface area contributed by atoms with Crippen LogP contribution in [0.3, 0.4) is 0 Å². The molecule has 0 aromatic heterocycles. The number of benzene rings is 1. The summed E-state index contributed by atoms with van der Waals surface area (Å²) < 4.78 is 11.1. The van der Waals surface area contributed by atoms with Crippen LogP contribution in [0.4, 0.5) is 0 Å². The number of aryl methyl sites for hydroxylation is 1. The van der Waals surface area contributed by atoms with E-state index in [1.165, 1.54) is 0 Å². The molecule has 1 heterocycles. The van der Waals surface area contributed by atoms with E-state index in [9.17, 15) is 4.79 Å². The molecule has 0 radical (unpaired) electrons. The van der Waals surface area contributed by atoms with Gasteiger partial charge in [0.1, 0.15) is 5.75 Å². The van der Waals surface area contributed by atoms with Gasteiger partial charge in [-0.25, -0.2) is 0 Å². The molecule has 5 heteroatoms. The summed E-state index contributed by atoms with van der Waals surface area (Å²) in [6.45, 7) is 4.98. The Kier molecular flexibility index (Phi) is 5.26. The van der Waals surface area contributed by atoms with Gasteiger partial charge in [0.05, 0.1) is 11.1 Å². The molecule has 2 rings (SSSR count). The van der Waals surface area contributed by atoms with Crippen LogP contribution in [0.5, 0.6) is 5.75 Å².